The first-order valence-electron chi connectivity index (χ1n) is 10.0. The highest BCUT2D eigenvalue weighted by Gasteiger charge is 2.20. The summed E-state index contributed by atoms with van der Waals surface area (Å²) in [6.45, 7) is 3.29. The van der Waals surface area contributed by atoms with E-state index in [0.29, 0.717) is 28.2 Å². The molecule has 0 N–H and O–H groups in total. The fourth-order valence-electron chi connectivity index (χ4n) is 3.55. The van der Waals surface area contributed by atoms with E-state index in [4.69, 9.17) is 4.74 Å². The Bertz CT molecular complexity index is 1070. The van der Waals surface area contributed by atoms with Crippen LogP contribution in [0.3, 0.4) is 0 Å². The molecule has 4 rings (SSSR count). The second-order valence-electron chi connectivity index (χ2n) is 7.22. The van der Waals surface area contributed by atoms with E-state index in [1.54, 1.807) is 10.6 Å². The van der Waals surface area contributed by atoms with E-state index in [2.05, 4.69) is 11.9 Å². The zero-order valence-corrected chi connectivity index (χ0v) is 17.3. The number of benzene rings is 2. The quantitative estimate of drug-likeness (QED) is 0.334. The van der Waals surface area contributed by atoms with Gasteiger partial charge in [0.25, 0.3) is 5.56 Å². The predicted octanol–water partition coefficient (Wildman–Crippen LogP) is 4.11. The van der Waals surface area contributed by atoms with Crippen LogP contribution in [0.15, 0.2) is 58.5 Å². The van der Waals surface area contributed by atoms with Crippen LogP contribution in [0.2, 0.25) is 0 Å². The molecule has 1 atom stereocenters. The third-order valence-corrected chi connectivity index (χ3v) is 6.23. The van der Waals surface area contributed by atoms with Crippen molar-refractivity contribution < 1.29 is 9.53 Å². The van der Waals surface area contributed by atoms with E-state index >= 15 is 0 Å². The van der Waals surface area contributed by atoms with Crippen LogP contribution in [-0.4, -0.2) is 33.8 Å². The Hall–Kier alpha value is -2.44. The lowest BCUT2D eigenvalue weighted by Gasteiger charge is -2.16. The Balaban J connectivity index is 1.60. The molecule has 1 aromatic heterocycles. The van der Waals surface area contributed by atoms with Crippen LogP contribution >= 0.6 is 11.8 Å². The maximum atomic E-state index is 13.1. The molecule has 1 aliphatic heterocycles. The Kier molecular flexibility index (Phi) is 6.11. The van der Waals surface area contributed by atoms with Crippen molar-refractivity contribution in [1.29, 1.82) is 0 Å². The third kappa shape index (κ3) is 4.43. The second-order valence-corrected chi connectivity index (χ2v) is 8.17. The van der Waals surface area contributed by atoms with Gasteiger partial charge in [-0.1, -0.05) is 55.1 Å². The van der Waals surface area contributed by atoms with E-state index in [-0.39, 0.29) is 23.2 Å². The predicted molar refractivity (Wildman–Crippen MR) is 116 cm³/mol. The summed E-state index contributed by atoms with van der Waals surface area (Å²) in [5, 5.41) is 1.17. The normalized spacial score (nSPS) is 16.4. The molecule has 1 fully saturated rings. The van der Waals surface area contributed by atoms with Crippen LogP contribution in [-0.2, 0) is 17.7 Å². The lowest BCUT2D eigenvalue weighted by molar-refractivity contribution is 0.0937. The Morgan fingerprint density at radius 1 is 1.21 bits per heavy atom. The highest BCUT2D eigenvalue weighted by molar-refractivity contribution is 7.99. The van der Waals surface area contributed by atoms with Crippen molar-refractivity contribution in [3.05, 3.63) is 70.0 Å². The average Bonchev–Trinajstić information content (AvgIpc) is 3.27. The Labute approximate surface area is 174 Å². The number of ketones is 1. The third-order valence-electron chi connectivity index (χ3n) is 5.25. The van der Waals surface area contributed by atoms with Crippen molar-refractivity contribution in [3.63, 3.8) is 0 Å². The first-order valence-corrected chi connectivity index (χ1v) is 11.0. The zero-order chi connectivity index (χ0) is 20.2. The van der Waals surface area contributed by atoms with E-state index in [1.807, 2.05) is 42.5 Å². The van der Waals surface area contributed by atoms with Gasteiger partial charge in [0, 0.05) is 12.2 Å². The summed E-state index contributed by atoms with van der Waals surface area (Å²) >= 11 is 1.32. The standard InChI is InChI=1S/C23H24N2O3S/c1-2-16-9-11-17(12-10-16)21(26)15-29-23-24-20-8-4-3-7-19(20)22(27)25(23)14-18-6-5-13-28-18/h3-4,7-12,18H,2,5-6,13-15H2,1H3/t18-/m1/s1. The lowest BCUT2D eigenvalue weighted by Crippen LogP contribution is -2.29. The number of Topliss-reactive ketones (excluding diaryl/α,β-unsaturated/α-hetero) is 1. The largest absolute Gasteiger partial charge is 0.376 e. The summed E-state index contributed by atoms with van der Waals surface area (Å²) in [6.07, 6.45) is 2.91. The van der Waals surface area contributed by atoms with E-state index < -0.39 is 0 Å². The van der Waals surface area contributed by atoms with Crippen LogP contribution in [0.5, 0.6) is 0 Å². The molecule has 29 heavy (non-hydrogen) atoms. The molecule has 0 bridgehead atoms. The molecule has 1 aliphatic rings. The van der Waals surface area contributed by atoms with Gasteiger partial charge in [-0.2, -0.15) is 0 Å². The first kappa shape index (κ1) is 19.9. The van der Waals surface area contributed by atoms with Crippen molar-refractivity contribution in [1.82, 2.24) is 9.55 Å². The number of nitrogens with zero attached hydrogens (tertiary/aromatic N) is 2. The van der Waals surface area contributed by atoms with Gasteiger partial charge < -0.3 is 4.74 Å². The molecule has 0 unspecified atom stereocenters. The summed E-state index contributed by atoms with van der Waals surface area (Å²) in [7, 11) is 0. The summed E-state index contributed by atoms with van der Waals surface area (Å²) in [5.41, 5.74) is 2.47. The van der Waals surface area contributed by atoms with Crippen molar-refractivity contribution in [2.75, 3.05) is 12.4 Å². The molecule has 0 aliphatic carbocycles. The number of carbonyl (C=O) groups is 1. The number of thioether (sulfide) groups is 1. The Morgan fingerprint density at radius 3 is 2.72 bits per heavy atom. The van der Waals surface area contributed by atoms with E-state index in [1.165, 1.54) is 17.3 Å². The van der Waals surface area contributed by atoms with Gasteiger partial charge >= 0.3 is 0 Å². The minimum Gasteiger partial charge on any atom is -0.376 e. The van der Waals surface area contributed by atoms with Crippen molar-refractivity contribution in [2.24, 2.45) is 0 Å². The first-order chi connectivity index (χ1) is 14.2. The second kappa shape index (κ2) is 8.93. The molecule has 2 heterocycles. The van der Waals surface area contributed by atoms with Crippen molar-refractivity contribution in [3.8, 4) is 0 Å². The molecule has 5 nitrogen and oxygen atoms in total. The number of rotatable bonds is 7. The van der Waals surface area contributed by atoms with Crippen molar-refractivity contribution in [2.45, 2.75) is 44.0 Å². The summed E-state index contributed by atoms with van der Waals surface area (Å²) in [4.78, 5) is 30.4. The molecular formula is C23H24N2O3S. The lowest BCUT2D eigenvalue weighted by atomic mass is 10.1. The monoisotopic (exact) mass is 408 g/mol. The Morgan fingerprint density at radius 2 is 2.00 bits per heavy atom. The molecule has 0 saturated carbocycles. The molecule has 0 amide bonds. The average molecular weight is 409 g/mol. The topological polar surface area (TPSA) is 61.2 Å². The van der Waals surface area contributed by atoms with Gasteiger partial charge in [-0.3, -0.25) is 14.2 Å². The van der Waals surface area contributed by atoms with Gasteiger partial charge in [0.15, 0.2) is 10.9 Å². The number of para-hydroxylation sites is 1. The van der Waals surface area contributed by atoms with Gasteiger partial charge in [0.2, 0.25) is 0 Å². The molecule has 3 aromatic rings. The maximum Gasteiger partial charge on any atom is 0.262 e. The molecule has 6 heteroatoms. The number of carbonyl (C=O) groups excluding carboxylic acids is 1. The highest BCUT2D eigenvalue weighted by Crippen LogP contribution is 2.22. The van der Waals surface area contributed by atoms with Crippen LogP contribution < -0.4 is 5.56 Å². The maximum absolute atomic E-state index is 13.1. The highest BCUT2D eigenvalue weighted by atomic mass is 32.2. The summed E-state index contributed by atoms with van der Waals surface area (Å²) in [5.74, 6) is 0.269. The van der Waals surface area contributed by atoms with Crippen LogP contribution in [0.25, 0.3) is 10.9 Å². The molecule has 2 aromatic carbocycles. The molecule has 0 radical (unpaired) electrons. The minimum atomic E-state index is -0.0756. The van der Waals surface area contributed by atoms with Crippen LogP contribution in [0.4, 0.5) is 0 Å². The van der Waals surface area contributed by atoms with Gasteiger partial charge in [-0.25, -0.2) is 4.98 Å². The number of aryl methyl sites for hydroxylation is 1. The molecule has 0 spiro atoms. The number of hydrogen-bond donors (Lipinski definition) is 0. The summed E-state index contributed by atoms with van der Waals surface area (Å²) < 4.78 is 7.41. The number of fused-ring (bicyclic) bond motifs is 1. The fourth-order valence-corrected chi connectivity index (χ4v) is 4.45. The van der Waals surface area contributed by atoms with Gasteiger partial charge in [-0.05, 0) is 37.0 Å². The number of ether oxygens (including phenoxy) is 1. The molecule has 150 valence electrons. The van der Waals surface area contributed by atoms with Gasteiger partial charge in [-0.15, -0.1) is 0 Å². The van der Waals surface area contributed by atoms with Crippen LogP contribution in [0.1, 0.15) is 35.7 Å². The van der Waals surface area contributed by atoms with Crippen LogP contribution in [0, 0.1) is 0 Å². The number of hydrogen-bond acceptors (Lipinski definition) is 5. The van der Waals surface area contributed by atoms with Gasteiger partial charge in [0.1, 0.15) is 0 Å². The zero-order valence-electron chi connectivity index (χ0n) is 16.5. The minimum absolute atomic E-state index is 0.0206. The molecule has 1 saturated heterocycles. The van der Waals surface area contributed by atoms with E-state index in [0.717, 1.165) is 25.9 Å². The smallest absolute Gasteiger partial charge is 0.262 e. The van der Waals surface area contributed by atoms with Crippen molar-refractivity contribution >= 4 is 28.4 Å². The van der Waals surface area contributed by atoms with Gasteiger partial charge in [0.05, 0.1) is 29.3 Å². The fraction of sp³-hybridized carbons (Fsp3) is 0.348. The molecular weight excluding hydrogens is 384 g/mol. The SMILES string of the molecule is CCc1ccc(C(=O)CSc2nc3ccccc3c(=O)n2C[C@H]2CCCO2)cc1. The summed E-state index contributed by atoms with van der Waals surface area (Å²) in [6, 6.07) is 15.1. The van der Waals surface area contributed by atoms with E-state index in [9.17, 15) is 9.59 Å². The number of aromatic nitrogens is 2.